The molecule has 0 unspecified atom stereocenters. The SMILES string of the molecule is Cn1cc(NC(=O)c2cc3cccc(N)c3[nH]2)ccc1=O. The molecule has 4 N–H and O–H groups in total. The number of H-pyrrole nitrogens is 1. The number of nitrogens with two attached hydrogens (primary N) is 1. The van der Waals surface area contributed by atoms with E-state index in [1.807, 2.05) is 12.1 Å². The van der Waals surface area contributed by atoms with Crippen LogP contribution in [0.4, 0.5) is 11.4 Å². The average Bonchev–Trinajstić information content (AvgIpc) is 2.89. The Morgan fingerprint density at radius 3 is 2.81 bits per heavy atom. The molecule has 21 heavy (non-hydrogen) atoms. The third-order valence-electron chi connectivity index (χ3n) is 3.28. The lowest BCUT2D eigenvalue weighted by molar-refractivity contribution is 0.102. The van der Waals surface area contributed by atoms with Gasteiger partial charge in [0.05, 0.1) is 16.9 Å². The second kappa shape index (κ2) is 4.82. The van der Waals surface area contributed by atoms with Crippen molar-refractivity contribution in [2.75, 3.05) is 11.1 Å². The topological polar surface area (TPSA) is 92.9 Å². The van der Waals surface area contributed by atoms with E-state index in [1.165, 1.54) is 10.6 Å². The number of nitrogens with one attached hydrogen (secondary N) is 2. The number of carbonyl (C=O) groups is 1. The summed E-state index contributed by atoms with van der Waals surface area (Å²) in [6.45, 7) is 0. The number of benzene rings is 1. The van der Waals surface area contributed by atoms with Crippen molar-refractivity contribution in [3.05, 3.63) is 58.6 Å². The zero-order valence-corrected chi connectivity index (χ0v) is 11.4. The van der Waals surface area contributed by atoms with Gasteiger partial charge in [-0.2, -0.15) is 0 Å². The molecule has 106 valence electrons. The Labute approximate surface area is 120 Å². The van der Waals surface area contributed by atoms with Gasteiger partial charge in [-0.1, -0.05) is 12.1 Å². The van der Waals surface area contributed by atoms with Crippen LogP contribution in [0.15, 0.2) is 47.4 Å². The number of carbonyl (C=O) groups excluding carboxylic acids is 1. The number of hydrogen-bond donors (Lipinski definition) is 3. The van der Waals surface area contributed by atoms with Crippen molar-refractivity contribution < 1.29 is 4.79 Å². The summed E-state index contributed by atoms with van der Waals surface area (Å²) in [5.74, 6) is -0.288. The first-order chi connectivity index (χ1) is 10.0. The summed E-state index contributed by atoms with van der Waals surface area (Å²) in [5.41, 5.74) is 8.02. The van der Waals surface area contributed by atoms with Gasteiger partial charge in [-0.3, -0.25) is 9.59 Å². The van der Waals surface area contributed by atoms with Gasteiger partial charge in [-0.15, -0.1) is 0 Å². The van der Waals surface area contributed by atoms with Crippen LogP contribution in [-0.4, -0.2) is 15.5 Å². The number of nitrogen functional groups attached to an aromatic ring is 1. The van der Waals surface area contributed by atoms with Crippen LogP contribution in [0, 0.1) is 0 Å². The molecule has 1 aromatic carbocycles. The van der Waals surface area contributed by atoms with E-state index in [4.69, 9.17) is 5.73 Å². The second-order valence-corrected chi connectivity index (χ2v) is 4.82. The molecule has 6 heteroatoms. The molecule has 0 bridgehead atoms. The molecule has 0 aliphatic heterocycles. The maximum Gasteiger partial charge on any atom is 0.272 e. The Morgan fingerprint density at radius 2 is 2.10 bits per heavy atom. The number of nitrogens with zero attached hydrogens (tertiary/aromatic N) is 1. The highest BCUT2D eigenvalue weighted by Gasteiger charge is 2.11. The van der Waals surface area contributed by atoms with Gasteiger partial charge in [-0.25, -0.2) is 0 Å². The van der Waals surface area contributed by atoms with E-state index in [-0.39, 0.29) is 11.5 Å². The van der Waals surface area contributed by atoms with Crippen molar-refractivity contribution in [2.24, 2.45) is 7.05 Å². The lowest BCUT2D eigenvalue weighted by atomic mass is 10.2. The van der Waals surface area contributed by atoms with E-state index in [1.54, 1.807) is 31.4 Å². The van der Waals surface area contributed by atoms with Crippen LogP contribution in [0.2, 0.25) is 0 Å². The number of aromatic nitrogens is 2. The van der Waals surface area contributed by atoms with E-state index >= 15 is 0 Å². The van der Waals surface area contributed by atoms with Crippen LogP contribution < -0.4 is 16.6 Å². The van der Waals surface area contributed by atoms with E-state index in [0.717, 1.165) is 10.9 Å². The number of anilines is 2. The smallest absolute Gasteiger partial charge is 0.272 e. The van der Waals surface area contributed by atoms with Crippen LogP contribution in [0.1, 0.15) is 10.5 Å². The van der Waals surface area contributed by atoms with Crippen molar-refractivity contribution in [1.82, 2.24) is 9.55 Å². The Hall–Kier alpha value is -3.02. The largest absolute Gasteiger partial charge is 0.397 e. The molecule has 2 aromatic heterocycles. The molecule has 0 spiro atoms. The van der Waals surface area contributed by atoms with Crippen LogP contribution in [0.3, 0.4) is 0 Å². The van der Waals surface area contributed by atoms with Crippen molar-refractivity contribution >= 4 is 28.2 Å². The lowest BCUT2D eigenvalue weighted by Crippen LogP contribution is -2.18. The number of hydrogen-bond acceptors (Lipinski definition) is 3. The van der Waals surface area contributed by atoms with Crippen molar-refractivity contribution in [3.8, 4) is 0 Å². The van der Waals surface area contributed by atoms with Gasteiger partial charge in [-0.05, 0) is 18.2 Å². The fraction of sp³-hybridized carbons (Fsp3) is 0.0667. The number of para-hydroxylation sites is 1. The molecule has 0 saturated heterocycles. The molecule has 0 aliphatic carbocycles. The molecule has 6 nitrogen and oxygen atoms in total. The number of amides is 1. The molecule has 0 radical (unpaired) electrons. The van der Waals surface area contributed by atoms with Gasteiger partial charge < -0.3 is 20.6 Å². The highest BCUT2D eigenvalue weighted by atomic mass is 16.2. The first-order valence-electron chi connectivity index (χ1n) is 6.40. The summed E-state index contributed by atoms with van der Waals surface area (Å²) >= 11 is 0. The molecule has 3 aromatic rings. The van der Waals surface area contributed by atoms with Crippen LogP contribution in [0.5, 0.6) is 0 Å². The van der Waals surface area contributed by atoms with Crippen LogP contribution >= 0.6 is 0 Å². The summed E-state index contributed by atoms with van der Waals surface area (Å²) in [4.78, 5) is 26.5. The second-order valence-electron chi connectivity index (χ2n) is 4.82. The molecule has 1 amide bonds. The Morgan fingerprint density at radius 1 is 1.29 bits per heavy atom. The third kappa shape index (κ3) is 2.38. The third-order valence-corrected chi connectivity index (χ3v) is 3.28. The van der Waals surface area contributed by atoms with Crippen LogP contribution in [-0.2, 0) is 7.05 Å². The highest BCUT2D eigenvalue weighted by Crippen LogP contribution is 2.21. The minimum absolute atomic E-state index is 0.133. The predicted octanol–water partition coefficient (Wildman–Crippen LogP) is 1.70. The van der Waals surface area contributed by atoms with Crippen molar-refractivity contribution in [1.29, 1.82) is 0 Å². The molecule has 0 saturated carbocycles. The summed E-state index contributed by atoms with van der Waals surface area (Å²) in [6, 6.07) is 10.2. The fourth-order valence-corrected chi connectivity index (χ4v) is 2.17. The van der Waals surface area contributed by atoms with Gasteiger partial charge in [0.25, 0.3) is 5.91 Å². The van der Waals surface area contributed by atoms with Crippen LogP contribution in [0.25, 0.3) is 10.9 Å². The monoisotopic (exact) mass is 282 g/mol. The first-order valence-corrected chi connectivity index (χ1v) is 6.40. The fourth-order valence-electron chi connectivity index (χ4n) is 2.17. The minimum atomic E-state index is -0.288. The van der Waals surface area contributed by atoms with Crippen molar-refractivity contribution in [2.45, 2.75) is 0 Å². The summed E-state index contributed by atoms with van der Waals surface area (Å²) in [5, 5.41) is 3.61. The van der Waals surface area contributed by atoms with Gasteiger partial charge >= 0.3 is 0 Å². The average molecular weight is 282 g/mol. The summed E-state index contributed by atoms with van der Waals surface area (Å²) < 4.78 is 1.40. The van der Waals surface area contributed by atoms with E-state index < -0.39 is 0 Å². The highest BCUT2D eigenvalue weighted by molar-refractivity contribution is 6.07. The van der Waals surface area contributed by atoms with Gasteiger partial charge in [0.1, 0.15) is 5.69 Å². The molecule has 2 heterocycles. The molecule has 0 aliphatic rings. The molecule has 0 fully saturated rings. The minimum Gasteiger partial charge on any atom is -0.397 e. The predicted molar refractivity (Wildman–Crippen MR) is 82.3 cm³/mol. The van der Waals surface area contributed by atoms with Gasteiger partial charge in [0, 0.05) is 24.7 Å². The lowest BCUT2D eigenvalue weighted by Gasteiger charge is -2.05. The maximum atomic E-state index is 12.2. The number of aryl methyl sites for hydroxylation is 1. The zero-order chi connectivity index (χ0) is 15.0. The van der Waals surface area contributed by atoms with E-state index in [9.17, 15) is 9.59 Å². The molecular formula is C15H14N4O2. The number of rotatable bonds is 2. The standard InChI is InChI=1S/C15H14N4O2/c1-19-8-10(5-6-13(19)20)17-15(21)12-7-9-3-2-4-11(16)14(9)18-12/h2-8,18H,16H2,1H3,(H,17,21). The first kappa shape index (κ1) is 13.0. The Balaban J connectivity index is 1.91. The van der Waals surface area contributed by atoms with Crippen molar-refractivity contribution in [3.63, 3.8) is 0 Å². The van der Waals surface area contributed by atoms with E-state index in [0.29, 0.717) is 17.1 Å². The van der Waals surface area contributed by atoms with Gasteiger partial charge in [0.2, 0.25) is 5.56 Å². The Kier molecular flexibility index (Phi) is 2.98. The summed E-state index contributed by atoms with van der Waals surface area (Å²) in [7, 11) is 1.63. The Bertz CT molecular complexity index is 892. The molecular weight excluding hydrogens is 268 g/mol. The van der Waals surface area contributed by atoms with E-state index in [2.05, 4.69) is 10.3 Å². The summed E-state index contributed by atoms with van der Waals surface area (Å²) in [6.07, 6.45) is 1.57. The number of aromatic amines is 1. The maximum absolute atomic E-state index is 12.2. The zero-order valence-electron chi connectivity index (χ0n) is 11.4. The number of fused-ring (bicyclic) bond motifs is 1. The molecule has 0 atom stereocenters. The van der Waals surface area contributed by atoms with Gasteiger partial charge in [0.15, 0.2) is 0 Å². The molecule has 3 rings (SSSR count). The quantitative estimate of drug-likeness (QED) is 0.624. The normalized spacial score (nSPS) is 10.7. The number of pyridine rings is 1.